The molecule has 0 amide bonds. The molecule has 140 valence electrons. The van der Waals surface area contributed by atoms with Crippen LogP contribution in [0.1, 0.15) is 29.8 Å². The van der Waals surface area contributed by atoms with E-state index in [1.807, 2.05) is 36.4 Å². The summed E-state index contributed by atoms with van der Waals surface area (Å²) in [5.41, 5.74) is 3.33. The van der Waals surface area contributed by atoms with E-state index in [9.17, 15) is 0 Å². The number of hydrogen-bond donors (Lipinski definition) is 1. The Morgan fingerprint density at radius 3 is 2.32 bits per heavy atom. The highest BCUT2D eigenvalue weighted by molar-refractivity contribution is 5.89. The number of methoxy groups -OCH3 is 1. The molecule has 1 heterocycles. The van der Waals surface area contributed by atoms with E-state index in [2.05, 4.69) is 54.7 Å². The normalized spacial score (nSPS) is 11.9. The van der Waals surface area contributed by atoms with Crippen molar-refractivity contribution >= 4 is 16.7 Å². The number of fused-ring (bicyclic) bond motifs is 1. The van der Waals surface area contributed by atoms with Gasteiger partial charge in [0.15, 0.2) is 0 Å². The lowest BCUT2D eigenvalue weighted by atomic mass is 10.0. The third-order valence-electron chi connectivity index (χ3n) is 4.93. The number of nitrogens with zero attached hydrogens (tertiary/aromatic N) is 2. The van der Waals surface area contributed by atoms with Gasteiger partial charge in [0, 0.05) is 17.8 Å². The predicted octanol–water partition coefficient (Wildman–Crippen LogP) is 5.40. The van der Waals surface area contributed by atoms with Crippen molar-refractivity contribution in [3.05, 3.63) is 95.8 Å². The number of para-hydroxylation sites is 1. The molecule has 0 aliphatic carbocycles. The smallest absolute Gasteiger partial charge is 0.138 e. The van der Waals surface area contributed by atoms with E-state index in [0.29, 0.717) is 6.54 Å². The average Bonchev–Trinajstić information content (AvgIpc) is 2.77. The first-order valence-corrected chi connectivity index (χ1v) is 9.43. The standard InChI is InChI=1S/C24H23N3O/c1-17(19-8-4-3-5-9-19)23-26-22-11-7-6-10-21(22)24(27-23)25-16-18-12-14-20(28-2)15-13-18/h3-15,17H,16H2,1-2H3,(H,25,26,27). The number of hydrogen-bond acceptors (Lipinski definition) is 4. The summed E-state index contributed by atoms with van der Waals surface area (Å²) in [5, 5.41) is 4.52. The zero-order valence-electron chi connectivity index (χ0n) is 16.1. The van der Waals surface area contributed by atoms with Gasteiger partial charge in [-0.1, -0.05) is 61.5 Å². The number of benzene rings is 3. The highest BCUT2D eigenvalue weighted by Gasteiger charge is 2.15. The Kier molecular flexibility index (Phi) is 5.20. The van der Waals surface area contributed by atoms with E-state index in [4.69, 9.17) is 14.7 Å². The number of rotatable bonds is 6. The molecule has 0 radical (unpaired) electrons. The van der Waals surface area contributed by atoms with Crippen LogP contribution in [0.4, 0.5) is 5.82 Å². The van der Waals surface area contributed by atoms with E-state index >= 15 is 0 Å². The topological polar surface area (TPSA) is 47.0 Å². The Bertz CT molecular complexity index is 1060. The highest BCUT2D eigenvalue weighted by Crippen LogP contribution is 2.27. The van der Waals surface area contributed by atoms with E-state index < -0.39 is 0 Å². The molecule has 1 atom stereocenters. The van der Waals surface area contributed by atoms with Gasteiger partial charge in [-0.3, -0.25) is 0 Å². The van der Waals surface area contributed by atoms with Crippen LogP contribution in [-0.4, -0.2) is 17.1 Å². The first-order valence-electron chi connectivity index (χ1n) is 9.43. The Hall–Kier alpha value is -3.40. The van der Waals surface area contributed by atoms with Crippen LogP contribution < -0.4 is 10.1 Å². The summed E-state index contributed by atoms with van der Waals surface area (Å²) in [4.78, 5) is 9.70. The quantitative estimate of drug-likeness (QED) is 0.494. The maximum Gasteiger partial charge on any atom is 0.138 e. The van der Waals surface area contributed by atoms with Gasteiger partial charge in [-0.05, 0) is 35.4 Å². The SMILES string of the molecule is COc1ccc(CNc2nc(C(C)c3ccccc3)nc3ccccc23)cc1. The minimum absolute atomic E-state index is 0.118. The molecule has 0 aliphatic rings. The zero-order valence-corrected chi connectivity index (χ0v) is 16.1. The lowest BCUT2D eigenvalue weighted by Crippen LogP contribution is -2.08. The molecular weight excluding hydrogens is 346 g/mol. The second-order valence-corrected chi connectivity index (χ2v) is 6.78. The number of ether oxygens (including phenoxy) is 1. The minimum Gasteiger partial charge on any atom is -0.497 e. The van der Waals surface area contributed by atoms with Crippen LogP contribution in [0.25, 0.3) is 10.9 Å². The van der Waals surface area contributed by atoms with Crippen LogP contribution in [-0.2, 0) is 6.54 Å². The number of anilines is 1. The van der Waals surface area contributed by atoms with E-state index in [1.54, 1.807) is 7.11 Å². The number of nitrogens with one attached hydrogen (secondary N) is 1. The molecule has 0 aliphatic heterocycles. The Morgan fingerprint density at radius 2 is 1.57 bits per heavy atom. The summed E-state index contributed by atoms with van der Waals surface area (Å²) in [6, 6.07) is 26.6. The van der Waals surface area contributed by atoms with Crippen molar-refractivity contribution in [2.24, 2.45) is 0 Å². The van der Waals surface area contributed by atoms with Gasteiger partial charge in [0.05, 0.1) is 12.6 Å². The molecular formula is C24H23N3O. The van der Waals surface area contributed by atoms with E-state index in [1.165, 1.54) is 11.1 Å². The molecule has 4 nitrogen and oxygen atoms in total. The van der Waals surface area contributed by atoms with Crippen molar-refractivity contribution in [3.63, 3.8) is 0 Å². The van der Waals surface area contributed by atoms with Crippen LogP contribution in [0, 0.1) is 0 Å². The molecule has 1 unspecified atom stereocenters. The maximum absolute atomic E-state index is 5.23. The van der Waals surface area contributed by atoms with Gasteiger partial charge in [0.25, 0.3) is 0 Å². The Balaban J connectivity index is 1.66. The Morgan fingerprint density at radius 1 is 0.857 bits per heavy atom. The summed E-state index contributed by atoms with van der Waals surface area (Å²) in [7, 11) is 1.68. The molecule has 0 spiro atoms. The zero-order chi connectivity index (χ0) is 19.3. The van der Waals surface area contributed by atoms with Gasteiger partial charge < -0.3 is 10.1 Å². The van der Waals surface area contributed by atoms with Gasteiger partial charge in [0.2, 0.25) is 0 Å². The molecule has 4 heteroatoms. The summed E-state index contributed by atoms with van der Waals surface area (Å²) in [5.74, 6) is 2.66. The van der Waals surface area contributed by atoms with Gasteiger partial charge in [-0.25, -0.2) is 9.97 Å². The fraction of sp³-hybridized carbons (Fsp3) is 0.167. The van der Waals surface area contributed by atoms with Crippen molar-refractivity contribution in [2.75, 3.05) is 12.4 Å². The predicted molar refractivity (Wildman–Crippen MR) is 114 cm³/mol. The first-order chi connectivity index (χ1) is 13.7. The number of aromatic nitrogens is 2. The highest BCUT2D eigenvalue weighted by atomic mass is 16.5. The molecule has 4 aromatic rings. The summed E-state index contributed by atoms with van der Waals surface area (Å²) < 4.78 is 5.23. The summed E-state index contributed by atoms with van der Waals surface area (Å²) in [6.45, 7) is 2.83. The van der Waals surface area contributed by atoms with E-state index in [0.717, 1.165) is 28.3 Å². The Labute approximate surface area is 165 Å². The molecule has 28 heavy (non-hydrogen) atoms. The third-order valence-corrected chi connectivity index (χ3v) is 4.93. The van der Waals surface area contributed by atoms with Crippen molar-refractivity contribution < 1.29 is 4.74 Å². The van der Waals surface area contributed by atoms with Gasteiger partial charge in [-0.15, -0.1) is 0 Å². The van der Waals surface area contributed by atoms with Crippen LogP contribution in [0.5, 0.6) is 5.75 Å². The molecule has 0 fully saturated rings. The van der Waals surface area contributed by atoms with Crippen LogP contribution in [0.2, 0.25) is 0 Å². The van der Waals surface area contributed by atoms with E-state index in [-0.39, 0.29) is 5.92 Å². The van der Waals surface area contributed by atoms with Crippen molar-refractivity contribution in [1.82, 2.24) is 9.97 Å². The van der Waals surface area contributed by atoms with Crippen molar-refractivity contribution in [1.29, 1.82) is 0 Å². The van der Waals surface area contributed by atoms with Crippen molar-refractivity contribution in [3.8, 4) is 5.75 Å². The average molecular weight is 369 g/mol. The second kappa shape index (κ2) is 8.09. The molecule has 0 saturated heterocycles. The monoisotopic (exact) mass is 369 g/mol. The van der Waals surface area contributed by atoms with Gasteiger partial charge >= 0.3 is 0 Å². The summed E-state index contributed by atoms with van der Waals surface area (Å²) >= 11 is 0. The fourth-order valence-corrected chi connectivity index (χ4v) is 3.24. The lowest BCUT2D eigenvalue weighted by molar-refractivity contribution is 0.414. The maximum atomic E-state index is 5.23. The molecule has 1 aromatic heterocycles. The molecule has 0 bridgehead atoms. The van der Waals surface area contributed by atoms with Crippen molar-refractivity contribution in [2.45, 2.75) is 19.4 Å². The molecule has 0 saturated carbocycles. The molecule has 4 rings (SSSR count). The van der Waals surface area contributed by atoms with Gasteiger partial charge in [0.1, 0.15) is 17.4 Å². The lowest BCUT2D eigenvalue weighted by Gasteiger charge is -2.15. The molecule has 1 N–H and O–H groups in total. The summed E-state index contributed by atoms with van der Waals surface area (Å²) in [6.07, 6.45) is 0. The first kappa shape index (κ1) is 18.0. The minimum atomic E-state index is 0.118. The van der Waals surface area contributed by atoms with Crippen LogP contribution in [0.15, 0.2) is 78.9 Å². The van der Waals surface area contributed by atoms with Crippen LogP contribution >= 0.6 is 0 Å². The van der Waals surface area contributed by atoms with Crippen LogP contribution in [0.3, 0.4) is 0 Å². The molecule has 3 aromatic carbocycles. The fourth-order valence-electron chi connectivity index (χ4n) is 3.24. The second-order valence-electron chi connectivity index (χ2n) is 6.78. The van der Waals surface area contributed by atoms with Gasteiger partial charge in [-0.2, -0.15) is 0 Å². The third kappa shape index (κ3) is 3.81. The largest absolute Gasteiger partial charge is 0.497 e.